The molecule has 0 amide bonds. The molecule has 1 aliphatic heterocycles. The van der Waals surface area contributed by atoms with E-state index in [-0.39, 0.29) is 5.41 Å². The molecule has 0 aromatic heterocycles. The third kappa shape index (κ3) is 1.51. The summed E-state index contributed by atoms with van der Waals surface area (Å²) >= 11 is 3.73. The standard InChI is InChI=1S/C12H16BrN/c1-12(2)8-14(3)11(13)9-6-4-5-7-10(9)12/h4-7,11H,8H2,1-3H3. The quantitative estimate of drug-likeness (QED) is 0.507. The Kier molecular flexibility index (Phi) is 2.44. The molecule has 0 bridgehead atoms. The van der Waals surface area contributed by atoms with Crippen molar-refractivity contribution in [1.82, 2.24) is 4.90 Å². The lowest BCUT2D eigenvalue weighted by Gasteiger charge is -2.41. The molecule has 1 atom stereocenters. The van der Waals surface area contributed by atoms with Crippen LogP contribution in [0.2, 0.25) is 0 Å². The fourth-order valence-corrected chi connectivity index (χ4v) is 2.89. The minimum atomic E-state index is 0.260. The first-order chi connectivity index (χ1) is 6.52. The molecule has 0 saturated heterocycles. The second-order valence-corrected chi connectivity index (χ2v) is 5.59. The molecule has 0 aliphatic carbocycles. The van der Waals surface area contributed by atoms with E-state index in [0.29, 0.717) is 4.95 Å². The van der Waals surface area contributed by atoms with Gasteiger partial charge in [-0.05, 0) is 18.2 Å². The number of benzene rings is 1. The first-order valence-corrected chi connectivity index (χ1v) is 5.88. The van der Waals surface area contributed by atoms with Crippen LogP contribution in [0, 0.1) is 0 Å². The van der Waals surface area contributed by atoms with Gasteiger partial charge in [0.05, 0.1) is 4.95 Å². The van der Waals surface area contributed by atoms with Crippen LogP contribution in [0.3, 0.4) is 0 Å². The normalized spacial score (nSPS) is 25.9. The maximum atomic E-state index is 3.73. The fraction of sp³-hybridized carbons (Fsp3) is 0.500. The highest BCUT2D eigenvalue weighted by Crippen LogP contribution is 2.41. The van der Waals surface area contributed by atoms with Gasteiger partial charge in [0.2, 0.25) is 0 Å². The van der Waals surface area contributed by atoms with E-state index in [2.05, 4.69) is 66.0 Å². The molecular formula is C12H16BrN. The van der Waals surface area contributed by atoms with E-state index >= 15 is 0 Å². The van der Waals surface area contributed by atoms with Gasteiger partial charge in [0.15, 0.2) is 0 Å². The van der Waals surface area contributed by atoms with Gasteiger partial charge in [-0.25, -0.2) is 0 Å². The van der Waals surface area contributed by atoms with E-state index < -0.39 is 0 Å². The topological polar surface area (TPSA) is 3.24 Å². The first-order valence-electron chi connectivity index (χ1n) is 4.96. The summed E-state index contributed by atoms with van der Waals surface area (Å²) in [4.78, 5) is 2.72. The highest BCUT2D eigenvalue weighted by Gasteiger charge is 2.34. The molecule has 1 nitrogen and oxygen atoms in total. The SMILES string of the molecule is CN1CC(C)(C)c2ccccc2C1Br. The van der Waals surface area contributed by atoms with Crippen molar-refractivity contribution in [2.45, 2.75) is 24.2 Å². The Labute approximate surface area is 94.2 Å². The highest BCUT2D eigenvalue weighted by atomic mass is 79.9. The van der Waals surface area contributed by atoms with Crippen molar-refractivity contribution >= 4 is 15.9 Å². The number of alkyl halides is 1. The van der Waals surface area contributed by atoms with Gasteiger partial charge >= 0.3 is 0 Å². The number of rotatable bonds is 0. The minimum Gasteiger partial charge on any atom is -0.289 e. The van der Waals surface area contributed by atoms with E-state index in [0.717, 1.165) is 6.54 Å². The highest BCUT2D eigenvalue weighted by molar-refractivity contribution is 9.09. The smallest absolute Gasteiger partial charge is 0.0912 e. The number of hydrogen-bond acceptors (Lipinski definition) is 1. The predicted molar refractivity (Wildman–Crippen MR) is 63.8 cm³/mol. The van der Waals surface area contributed by atoms with Gasteiger partial charge < -0.3 is 0 Å². The molecule has 1 heterocycles. The van der Waals surface area contributed by atoms with Crippen LogP contribution in [0.4, 0.5) is 0 Å². The van der Waals surface area contributed by atoms with E-state index in [4.69, 9.17) is 0 Å². The summed E-state index contributed by atoms with van der Waals surface area (Å²) in [6.07, 6.45) is 0. The van der Waals surface area contributed by atoms with Crippen LogP contribution >= 0.6 is 15.9 Å². The summed E-state index contributed by atoms with van der Waals surface area (Å²) in [6, 6.07) is 8.71. The zero-order valence-corrected chi connectivity index (χ0v) is 10.5. The molecule has 2 heteroatoms. The lowest BCUT2D eigenvalue weighted by molar-refractivity contribution is 0.233. The molecule has 14 heavy (non-hydrogen) atoms. The van der Waals surface area contributed by atoms with Crippen molar-refractivity contribution in [3.8, 4) is 0 Å². The van der Waals surface area contributed by atoms with Gasteiger partial charge in [-0.3, -0.25) is 4.90 Å². The van der Waals surface area contributed by atoms with Gasteiger partial charge in [-0.1, -0.05) is 54.0 Å². The third-order valence-electron chi connectivity index (χ3n) is 2.98. The molecule has 0 spiro atoms. The van der Waals surface area contributed by atoms with E-state index in [1.807, 2.05) is 0 Å². The maximum Gasteiger partial charge on any atom is 0.0912 e. The van der Waals surface area contributed by atoms with Gasteiger partial charge in [-0.2, -0.15) is 0 Å². The Hall–Kier alpha value is -0.340. The second kappa shape index (κ2) is 3.35. The molecule has 2 rings (SSSR count). The van der Waals surface area contributed by atoms with Gasteiger partial charge in [-0.15, -0.1) is 0 Å². The lowest BCUT2D eigenvalue weighted by Crippen LogP contribution is -2.41. The molecule has 0 saturated carbocycles. The second-order valence-electron chi connectivity index (χ2n) is 4.72. The molecule has 1 aromatic rings. The Morgan fingerprint density at radius 2 is 2.00 bits per heavy atom. The summed E-state index contributed by atoms with van der Waals surface area (Å²) in [5.41, 5.74) is 3.14. The predicted octanol–water partition coefficient (Wildman–Crippen LogP) is 3.30. The van der Waals surface area contributed by atoms with Crippen LogP contribution in [-0.4, -0.2) is 18.5 Å². The Bertz CT molecular complexity index is 346. The third-order valence-corrected chi connectivity index (χ3v) is 4.17. The van der Waals surface area contributed by atoms with Crippen LogP contribution in [0.25, 0.3) is 0 Å². The average molecular weight is 254 g/mol. The zero-order chi connectivity index (χ0) is 10.3. The number of likely N-dealkylation sites (N-methyl/N-ethyl adjacent to an activating group) is 1. The van der Waals surface area contributed by atoms with Crippen molar-refractivity contribution in [2.75, 3.05) is 13.6 Å². The molecule has 0 N–H and O–H groups in total. The summed E-state index contributed by atoms with van der Waals surface area (Å²) in [5.74, 6) is 0. The summed E-state index contributed by atoms with van der Waals surface area (Å²) in [7, 11) is 2.16. The van der Waals surface area contributed by atoms with Gasteiger partial charge in [0, 0.05) is 12.0 Å². The first kappa shape index (κ1) is 10.2. The lowest BCUT2D eigenvalue weighted by atomic mass is 9.78. The van der Waals surface area contributed by atoms with E-state index in [1.54, 1.807) is 0 Å². The molecule has 0 radical (unpaired) electrons. The minimum absolute atomic E-state index is 0.260. The van der Waals surface area contributed by atoms with Crippen LogP contribution in [-0.2, 0) is 5.41 Å². The Balaban J connectivity index is 2.56. The summed E-state index contributed by atoms with van der Waals surface area (Å²) in [5, 5.41) is 0. The molecule has 0 fully saturated rings. The van der Waals surface area contributed by atoms with Crippen molar-refractivity contribution in [3.63, 3.8) is 0 Å². The van der Waals surface area contributed by atoms with Crippen molar-refractivity contribution in [1.29, 1.82) is 0 Å². The number of nitrogens with zero attached hydrogens (tertiary/aromatic N) is 1. The Morgan fingerprint density at radius 3 is 2.71 bits per heavy atom. The molecular weight excluding hydrogens is 238 g/mol. The molecule has 76 valence electrons. The van der Waals surface area contributed by atoms with E-state index in [1.165, 1.54) is 11.1 Å². The molecule has 1 unspecified atom stereocenters. The fourth-order valence-electron chi connectivity index (χ4n) is 2.35. The summed E-state index contributed by atoms with van der Waals surface area (Å²) in [6.45, 7) is 5.71. The number of fused-ring (bicyclic) bond motifs is 1. The molecule has 1 aromatic carbocycles. The van der Waals surface area contributed by atoms with Crippen LogP contribution in [0.15, 0.2) is 24.3 Å². The van der Waals surface area contributed by atoms with Gasteiger partial charge in [0.1, 0.15) is 0 Å². The van der Waals surface area contributed by atoms with Crippen LogP contribution in [0.1, 0.15) is 29.9 Å². The number of hydrogen-bond donors (Lipinski definition) is 0. The monoisotopic (exact) mass is 253 g/mol. The van der Waals surface area contributed by atoms with Crippen molar-refractivity contribution < 1.29 is 0 Å². The van der Waals surface area contributed by atoms with E-state index in [9.17, 15) is 0 Å². The van der Waals surface area contributed by atoms with Crippen LogP contribution in [0.5, 0.6) is 0 Å². The average Bonchev–Trinajstić information content (AvgIpc) is 2.14. The largest absolute Gasteiger partial charge is 0.289 e. The molecule has 1 aliphatic rings. The van der Waals surface area contributed by atoms with Gasteiger partial charge in [0.25, 0.3) is 0 Å². The zero-order valence-electron chi connectivity index (χ0n) is 8.92. The van der Waals surface area contributed by atoms with Crippen LogP contribution < -0.4 is 0 Å². The van der Waals surface area contributed by atoms with Crippen molar-refractivity contribution in [2.24, 2.45) is 0 Å². The number of halogens is 1. The Morgan fingerprint density at radius 1 is 1.36 bits per heavy atom. The summed E-state index contributed by atoms with van der Waals surface area (Å²) < 4.78 is 0. The maximum absolute atomic E-state index is 3.73. The van der Waals surface area contributed by atoms with Crippen molar-refractivity contribution in [3.05, 3.63) is 35.4 Å².